The molecule has 2 aromatic heterocycles. The molecule has 0 bridgehead atoms. The summed E-state index contributed by atoms with van der Waals surface area (Å²) in [5.74, 6) is 2.19. The van der Waals surface area contributed by atoms with E-state index < -0.39 is 11.0 Å². The smallest absolute Gasteiger partial charge is 0.403 e. The Labute approximate surface area is 253 Å². The van der Waals surface area contributed by atoms with Gasteiger partial charge in [-0.25, -0.2) is 14.7 Å². The topological polar surface area (TPSA) is 109 Å². The summed E-state index contributed by atoms with van der Waals surface area (Å²) in [6.07, 6.45) is 0. The van der Waals surface area contributed by atoms with Crippen LogP contribution in [0.4, 0.5) is 28.8 Å². The Morgan fingerprint density at radius 2 is 1.43 bits per heavy atom. The average Bonchev–Trinajstić information content (AvgIpc) is 3.70. The molecule has 5 heterocycles. The number of fused-ring (bicyclic) bond motifs is 4. The fourth-order valence-electron chi connectivity index (χ4n) is 6.33. The number of piperazine rings is 1. The molecule has 218 valence electrons. The number of hydrogen-bond donors (Lipinski definition) is 0. The Balaban J connectivity index is 1.29. The van der Waals surface area contributed by atoms with Gasteiger partial charge in [0, 0.05) is 31.9 Å². The normalized spacial score (nSPS) is 17.4. The van der Waals surface area contributed by atoms with E-state index in [1.165, 1.54) is 11.8 Å². The van der Waals surface area contributed by atoms with Gasteiger partial charge in [0.25, 0.3) is 0 Å². The second-order valence-electron chi connectivity index (χ2n) is 10.9. The fourth-order valence-corrected chi connectivity index (χ4v) is 6.33. The number of rotatable bonds is 4. The number of hydrogen-bond acceptors (Lipinski definition) is 9. The maximum atomic E-state index is 11.7. The number of aliphatic imine (C=N–C) groups is 2. The van der Waals surface area contributed by atoms with Crippen LogP contribution in [-0.4, -0.2) is 57.5 Å². The van der Waals surface area contributed by atoms with Gasteiger partial charge >= 0.3 is 5.88 Å². The molecule has 44 heavy (non-hydrogen) atoms. The lowest BCUT2D eigenvalue weighted by Crippen LogP contribution is -2.55. The fraction of sp³-hybridized carbons (Fsp3) is 0.182. The predicted molar refractivity (Wildman–Crippen MR) is 169 cm³/mol. The van der Waals surface area contributed by atoms with Crippen LogP contribution in [0.15, 0.2) is 111 Å². The summed E-state index contributed by atoms with van der Waals surface area (Å²) < 4.78 is 7.76. The zero-order valence-electron chi connectivity index (χ0n) is 23.9. The van der Waals surface area contributed by atoms with Crippen LogP contribution in [0.1, 0.15) is 23.1 Å². The van der Waals surface area contributed by atoms with Crippen LogP contribution in [0.3, 0.4) is 0 Å². The zero-order valence-corrected chi connectivity index (χ0v) is 23.9. The van der Waals surface area contributed by atoms with Gasteiger partial charge in [-0.05, 0) is 49.4 Å². The first-order chi connectivity index (χ1) is 21.6. The highest BCUT2D eigenvalue weighted by atomic mass is 16.6. The first-order valence-corrected chi connectivity index (χ1v) is 14.6. The minimum atomic E-state index is -0.555. The third-order valence-electron chi connectivity index (χ3n) is 8.38. The van der Waals surface area contributed by atoms with Gasteiger partial charge < -0.3 is 19.1 Å². The van der Waals surface area contributed by atoms with Crippen molar-refractivity contribution in [3.8, 4) is 5.69 Å². The van der Waals surface area contributed by atoms with E-state index in [4.69, 9.17) is 19.5 Å². The highest BCUT2D eigenvalue weighted by Gasteiger charge is 2.44. The summed E-state index contributed by atoms with van der Waals surface area (Å²) in [6.45, 7) is 5.11. The number of aromatic nitrogens is 2. The Morgan fingerprint density at radius 3 is 2.14 bits per heavy atom. The van der Waals surface area contributed by atoms with E-state index in [1.54, 1.807) is 6.07 Å². The molecule has 1 atom stereocenters. The number of amidine groups is 2. The van der Waals surface area contributed by atoms with Crippen molar-refractivity contribution in [2.75, 3.05) is 36.0 Å². The summed E-state index contributed by atoms with van der Waals surface area (Å²) in [5.41, 5.74) is 5.30. The number of aryl methyl sites for hydroxylation is 1. The van der Waals surface area contributed by atoms with Crippen LogP contribution >= 0.6 is 0 Å². The number of nitrogens with zero attached hydrogens (tertiary/aromatic N) is 8. The van der Waals surface area contributed by atoms with Crippen LogP contribution in [0.5, 0.6) is 0 Å². The van der Waals surface area contributed by atoms with Crippen molar-refractivity contribution in [2.45, 2.75) is 13.0 Å². The highest BCUT2D eigenvalue weighted by Crippen LogP contribution is 2.49. The molecule has 0 saturated carbocycles. The Hall–Kier alpha value is -5.71. The number of benzene rings is 3. The standard InChI is InChI=1S/C33H28N8O3/c1-22-29-30(27-16-17-28(44-27)41(42)43)39-26-15-9-8-14-25(26)34-32(38-20-18-37(19-21-38)23-10-4-2-5-11-23)33(39)35-31(29)40(36-22)24-12-6-3-7-13-24/h2-17,30H,18-21H2,1H3. The molecule has 3 aromatic carbocycles. The van der Waals surface area contributed by atoms with Gasteiger partial charge in [-0.3, -0.25) is 10.1 Å². The molecule has 0 spiro atoms. The minimum absolute atomic E-state index is 0.310. The monoisotopic (exact) mass is 584 g/mol. The molecule has 1 saturated heterocycles. The van der Waals surface area contributed by atoms with Crippen molar-refractivity contribution < 1.29 is 9.34 Å². The maximum Gasteiger partial charge on any atom is 0.433 e. The van der Waals surface area contributed by atoms with Crippen molar-refractivity contribution in [2.24, 2.45) is 9.98 Å². The molecule has 11 heteroatoms. The van der Waals surface area contributed by atoms with Crippen LogP contribution in [-0.2, 0) is 0 Å². The quantitative estimate of drug-likeness (QED) is 0.183. The van der Waals surface area contributed by atoms with E-state index >= 15 is 0 Å². The Bertz CT molecular complexity index is 1940. The number of anilines is 2. The van der Waals surface area contributed by atoms with Crippen molar-refractivity contribution >= 4 is 40.4 Å². The van der Waals surface area contributed by atoms with Crippen molar-refractivity contribution in [1.82, 2.24) is 14.7 Å². The molecule has 0 amide bonds. The van der Waals surface area contributed by atoms with Gasteiger partial charge in [0.05, 0.1) is 34.4 Å². The molecule has 0 N–H and O–H groups in total. The van der Waals surface area contributed by atoms with Crippen LogP contribution in [0, 0.1) is 17.0 Å². The van der Waals surface area contributed by atoms with Crippen molar-refractivity contribution in [3.05, 3.63) is 124 Å². The molecule has 11 nitrogen and oxygen atoms in total. The van der Waals surface area contributed by atoms with E-state index in [1.807, 2.05) is 72.3 Å². The number of nitro groups is 1. The van der Waals surface area contributed by atoms with Gasteiger partial charge in [-0.1, -0.05) is 48.5 Å². The molecule has 8 rings (SSSR count). The molecule has 0 radical (unpaired) electrons. The minimum Gasteiger partial charge on any atom is -0.403 e. The predicted octanol–water partition coefficient (Wildman–Crippen LogP) is 6.19. The van der Waals surface area contributed by atoms with Crippen molar-refractivity contribution in [1.29, 1.82) is 0 Å². The Kier molecular flexibility index (Phi) is 6.03. The SMILES string of the molecule is Cc1nn(-c2ccccc2)c2c1C(c1ccc([N+](=O)[O-])o1)N1C(=N2)C(N2CCN(c3ccccc3)CC2)=Nc2ccccc21. The second kappa shape index (κ2) is 10.2. The first-order valence-electron chi connectivity index (χ1n) is 14.6. The van der Waals surface area contributed by atoms with E-state index in [2.05, 4.69) is 39.0 Å². The number of para-hydroxylation sites is 4. The number of furan rings is 1. The van der Waals surface area contributed by atoms with Gasteiger partial charge in [-0.2, -0.15) is 5.10 Å². The zero-order chi connectivity index (χ0) is 29.8. The molecule has 5 aromatic rings. The highest BCUT2D eigenvalue weighted by molar-refractivity contribution is 6.48. The van der Waals surface area contributed by atoms with Gasteiger partial charge in [0.2, 0.25) is 0 Å². The third kappa shape index (κ3) is 4.16. The van der Waals surface area contributed by atoms with Gasteiger partial charge in [0.1, 0.15) is 16.7 Å². The molecule has 1 unspecified atom stereocenters. The van der Waals surface area contributed by atoms with E-state index in [0.717, 1.165) is 60.3 Å². The van der Waals surface area contributed by atoms with Crippen LogP contribution < -0.4 is 9.80 Å². The molecular formula is C33H28N8O3. The van der Waals surface area contributed by atoms with E-state index in [0.29, 0.717) is 17.4 Å². The summed E-state index contributed by atoms with van der Waals surface area (Å²) in [4.78, 5) is 28.4. The largest absolute Gasteiger partial charge is 0.433 e. The lowest BCUT2D eigenvalue weighted by molar-refractivity contribution is -0.402. The summed E-state index contributed by atoms with van der Waals surface area (Å²) in [6, 6.07) is 30.8. The van der Waals surface area contributed by atoms with Crippen LogP contribution in [0.25, 0.3) is 5.69 Å². The lowest BCUT2D eigenvalue weighted by atomic mass is 9.97. The Morgan fingerprint density at radius 1 is 0.773 bits per heavy atom. The van der Waals surface area contributed by atoms with E-state index in [-0.39, 0.29) is 5.88 Å². The summed E-state index contributed by atoms with van der Waals surface area (Å²) in [7, 11) is 0. The maximum absolute atomic E-state index is 11.7. The summed E-state index contributed by atoms with van der Waals surface area (Å²) >= 11 is 0. The van der Waals surface area contributed by atoms with Gasteiger partial charge in [0.15, 0.2) is 17.5 Å². The van der Waals surface area contributed by atoms with Crippen LogP contribution in [0.2, 0.25) is 0 Å². The lowest BCUT2D eigenvalue weighted by Gasteiger charge is -2.44. The second-order valence-corrected chi connectivity index (χ2v) is 10.9. The van der Waals surface area contributed by atoms with E-state index in [9.17, 15) is 10.1 Å². The van der Waals surface area contributed by atoms with Gasteiger partial charge in [-0.15, -0.1) is 0 Å². The molecule has 3 aliphatic rings. The third-order valence-corrected chi connectivity index (χ3v) is 8.38. The summed E-state index contributed by atoms with van der Waals surface area (Å²) in [5, 5.41) is 16.6. The average molecular weight is 585 g/mol. The molecular weight excluding hydrogens is 556 g/mol. The molecule has 3 aliphatic heterocycles. The first kappa shape index (κ1) is 26.0. The van der Waals surface area contributed by atoms with Crippen molar-refractivity contribution in [3.63, 3.8) is 0 Å². The molecule has 1 fully saturated rings. The molecule has 0 aliphatic carbocycles.